The molecule has 0 atom stereocenters. The van der Waals surface area contributed by atoms with Crippen molar-refractivity contribution in [3.63, 3.8) is 0 Å². The molecule has 0 nitrogen and oxygen atoms in total. The van der Waals surface area contributed by atoms with E-state index in [-0.39, 0.29) is 0 Å². The monoisotopic (exact) mass is 220 g/mol. The highest BCUT2D eigenvalue weighted by molar-refractivity contribution is 5.30. The largest absolute Gasteiger partial charge is 0.121 e. The molecule has 0 aliphatic heterocycles. The zero-order valence-electron chi connectivity index (χ0n) is 11.8. The molecule has 0 rings (SSSR count). The van der Waals surface area contributed by atoms with Crippen molar-refractivity contribution in [2.75, 3.05) is 0 Å². The lowest BCUT2D eigenvalue weighted by molar-refractivity contribution is 0.782. The summed E-state index contributed by atoms with van der Waals surface area (Å²) in [7, 11) is 0. The van der Waals surface area contributed by atoms with Crippen molar-refractivity contribution in [3.8, 4) is 0 Å². The minimum atomic E-state index is 0.594. The third kappa shape index (κ3) is 6.69. The molecule has 0 unspecified atom stereocenters. The van der Waals surface area contributed by atoms with Gasteiger partial charge in [0.15, 0.2) is 0 Å². The molecule has 0 N–H and O–H groups in total. The van der Waals surface area contributed by atoms with Gasteiger partial charge in [0.05, 0.1) is 0 Å². The van der Waals surface area contributed by atoms with E-state index in [1.807, 2.05) is 0 Å². The SMILES string of the molecule is CC/C=C(\CC)C(=C=CC(C)C)CCCC. The number of hydrogen-bond donors (Lipinski definition) is 0. The first-order chi connectivity index (χ1) is 7.65. The van der Waals surface area contributed by atoms with E-state index < -0.39 is 0 Å². The Labute approximate surface area is 102 Å². The lowest BCUT2D eigenvalue weighted by atomic mass is 9.97. The van der Waals surface area contributed by atoms with Gasteiger partial charge in [-0.1, -0.05) is 47.1 Å². The summed E-state index contributed by atoms with van der Waals surface area (Å²) < 4.78 is 0. The van der Waals surface area contributed by atoms with Gasteiger partial charge in [-0.3, -0.25) is 0 Å². The van der Waals surface area contributed by atoms with E-state index >= 15 is 0 Å². The first-order valence-corrected chi connectivity index (χ1v) is 6.80. The number of hydrogen-bond acceptors (Lipinski definition) is 0. The summed E-state index contributed by atoms with van der Waals surface area (Å²) in [6.07, 6.45) is 10.5. The van der Waals surface area contributed by atoms with Gasteiger partial charge in [-0.05, 0) is 48.8 Å². The van der Waals surface area contributed by atoms with Gasteiger partial charge < -0.3 is 0 Å². The van der Waals surface area contributed by atoms with Gasteiger partial charge in [0.2, 0.25) is 0 Å². The third-order valence-electron chi connectivity index (χ3n) is 2.59. The quantitative estimate of drug-likeness (QED) is 0.383. The number of unbranched alkanes of at least 4 members (excludes halogenated alkanes) is 1. The van der Waals surface area contributed by atoms with Crippen molar-refractivity contribution in [2.45, 2.75) is 66.7 Å². The molecule has 0 radical (unpaired) electrons. The second kappa shape index (κ2) is 9.48. The Balaban J connectivity index is 4.91. The molecule has 0 aromatic rings. The standard InChI is InChI=1S/C16H28/c1-6-9-11-16(13-12-14(4)5)15(8-3)10-7-2/h10,12,14H,6-9,11H2,1-5H3/b15-10+. The molecular formula is C16H28. The van der Waals surface area contributed by atoms with E-state index in [0.717, 1.165) is 12.8 Å². The van der Waals surface area contributed by atoms with Crippen LogP contribution in [0.5, 0.6) is 0 Å². The van der Waals surface area contributed by atoms with Crippen LogP contribution in [-0.4, -0.2) is 0 Å². The van der Waals surface area contributed by atoms with E-state index in [1.54, 1.807) is 0 Å². The van der Waals surface area contributed by atoms with E-state index in [4.69, 9.17) is 0 Å². The third-order valence-corrected chi connectivity index (χ3v) is 2.59. The number of rotatable bonds is 7. The van der Waals surface area contributed by atoms with E-state index in [9.17, 15) is 0 Å². The summed E-state index contributed by atoms with van der Waals surface area (Å²) in [6, 6.07) is 0. The normalized spacial score (nSPS) is 11.5. The molecule has 92 valence electrons. The maximum Gasteiger partial charge on any atom is -0.00349 e. The van der Waals surface area contributed by atoms with E-state index in [0.29, 0.717) is 5.92 Å². The van der Waals surface area contributed by atoms with Crippen molar-refractivity contribution in [1.29, 1.82) is 0 Å². The van der Waals surface area contributed by atoms with Crippen LogP contribution in [0.4, 0.5) is 0 Å². The van der Waals surface area contributed by atoms with Crippen LogP contribution >= 0.6 is 0 Å². The number of allylic oxidation sites excluding steroid dienone is 3. The molecule has 0 aliphatic rings. The van der Waals surface area contributed by atoms with Gasteiger partial charge in [-0.15, -0.1) is 5.73 Å². The summed E-state index contributed by atoms with van der Waals surface area (Å²) in [6.45, 7) is 11.1. The highest BCUT2D eigenvalue weighted by Crippen LogP contribution is 2.20. The Hall–Kier alpha value is -0.740. The molecule has 0 fully saturated rings. The first-order valence-electron chi connectivity index (χ1n) is 6.80. The zero-order valence-corrected chi connectivity index (χ0v) is 11.8. The Morgan fingerprint density at radius 2 is 1.88 bits per heavy atom. The van der Waals surface area contributed by atoms with Crippen LogP contribution in [0.25, 0.3) is 0 Å². The molecule has 0 saturated carbocycles. The molecule has 0 amide bonds. The van der Waals surface area contributed by atoms with Crippen LogP contribution in [0.15, 0.2) is 29.0 Å². The summed E-state index contributed by atoms with van der Waals surface area (Å²) >= 11 is 0. The Kier molecular flexibility index (Phi) is 9.04. The lowest BCUT2D eigenvalue weighted by Crippen LogP contribution is -1.89. The summed E-state index contributed by atoms with van der Waals surface area (Å²) in [5.74, 6) is 0.594. The molecular weight excluding hydrogens is 192 g/mol. The molecule has 0 bridgehead atoms. The summed E-state index contributed by atoms with van der Waals surface area (Å²) in [4.78, 5) is 0. The summed E-state index contributed by atoms with van der Waals surface area (Å²) in [5, 5.41) is 0. The fourth-order valence-corrected chi connectivity index (χ4v) is 1.67. The van der Waals surface area contributed by atoms with Gasteiger partial charge in [0.1, 0.15) is 0 Å². The second-order valence-corrected chi connectivity index (χ2v) is 4.63. The predicted octanol–water partition coefficient (Wildman–Crippen LogP) is 5.66. The van der Waals surface area contributed by atoms with Crippen LogP contribution in [0.2, 0.25) is 0 Å². The van der Waals surface area contributed by atoms with Gasteiger partial charge in [0.25, 0.3) is 0 Å². The molecule has 0 saturated heterocycles. The Morgan fingerprint density at radius 3 is 2.31 bits per heavy atom. The van der Waals surface area contributed by atoms with Crippen molar-refractivity contribution in [2.24, 2.45) is 5.92 Å². The zero-order chi connectivity index (χ0) is 12.4. The molecule has 0 aromatic carbocycles. The van der Waals surface area contributed by atoms with Crippen LogP contribution in [0.3, 0.4) is 0 Å². The average molecular weight is 220 g/mol. The van der Waals surface area contributed by atoms with Crippen molar-refractivity contribution < 1.29 is 0 Å². The van der Waals surface area contributed by atoms with E-state index in [2.05, 4.69) is 52.5 Å². The maximum absolute atomic E-state index is 3.51. The molecule has 0 spiro atoms. The molecule has 0 heteroatoms. The first kappa shape index (κ1) is 15.3. The minimum Gasteiger partial charge on any atom is -0.121 e. The van der Waals surface area contributed by atoms with Crippen LogP contribution in [-0.2, 0) is 0 Å². The van der Waals surface area contributed by atoms with Crippen LogP contribution < -0.4 is 0 Å². The van der Waals surface area contributed by atoms with Crippen molar-refractivity contribution in [3.05, 3.63) is 29.0 Å². The predicted molar refractivity (Wildman–Crippen MR) is 74.6 cm³/mol. The van der Waals surface area contributed by atoms with Gasteiger partial charge >= 0.3 is 0 Å². The fourth-order valence-electron chi connectivity index (χ4n) is 1.67. The van der Waals surface area contributed by atoms with Gasteiger partial charge in [0, 0.05) is 0 Å². The Morgan fingerprint density at radius 1 is 1.19 bits per heavy atom. The van der Waals surface area contributed by atoms with Gasteiger partial charge in [-0.25, -0.2) is 0 Å². The lowest BCUT2D eigenvalue weighted by Gasteiger charge is -2.07. The minimum absolute atomic E-state index is 0.594. The average Bonchev–Trinajstić information content (AvgIpc) is 2.26. The smallest absolute Gasteiger partial charge is 0.00349 e. The summed E-state index contributed by atoms with van der Waals surface area (Å²) in [5.41, 5.74) is 6.44. The van der Waals surface area contributed by atoms with Crippen LogP contribution in [0.1, 0.15) is 66.7 Å². The molecule has 0 heterocycles. The highest BCUT2D eigenvalue weighted by atomic mass is 14.1. The topological polar surface area (TPSA) is 0 Å². The fraction of sp³-hybridized carbons (Fsp3) is 0.688. The molecule has 0 aliphatic carbocycles. The molecule has 0 aromatic heterocycles. The molecule has 16 heavy (non-hydrogen) atoms. The van der Waals surface area contributed by atoms with E-state index in [1.165, 1.54) is 30.4 Å². The van der Waals surface area contributed by atoms with Crippen LogP contribution in [0, 0.1) is 5.92 Å². The highest BCUT2D eigenvalue weighted by Gasteiger charge is 2.01. The van der Waals surface area contributed by atoms with Crippen molar-refractivity contribution >= 4 is 0 Å². The second-order valence-electron chi connectivity index (χ2n) is 4.63. The maximum atomic E-state index is 3.51. The van der Waals surface area contributed by atoms with Crippen molar-refractivity contribution in [1.82, 2.24) is 0 Å². The Bertz CT molecular complexity index is 260. The van der Waals surface area contributed by atoms with Gasteiger partial charge in [-0.2, -0.15) is 0 Å².